The SMILES string of the molecule is COC(=O)C1=C(C)NC2=C(C(=O)C[C@@H](c3ccccc3)C2)[C@H]1c1cccnc1. The second-order valence-corrected chi connectivity index (χ2v) is 7.21. The number of pyridine rings is 1. The molecule has 0 radical (unpaired) electrons. The number of hydrogen-bond donors (Lipinski definition) is 1. The zero-order valence-electron chi connectivity index (χ0n) is 15.9. The standard InChI is InChI=1S/C23H22N2O3/c1-14-20(23(27)28-2)21(16-9-6-10-24-13-16)22-18(25-14)11-17(12-19(22)26)15-7-4-3-5-8-15/h3-10,13,17,21,25H,11-12H2,1-2H3/t17-,21-/m0/s1. The fourth-order valence-electron chi connectivity index (χ4n) is 4.26. The number of carbonyl (C=O) groups excluding carboxylic acids is 2. The van der Waals surface area contributed by atoms with Crippen molar-refractivity contribution in [3.63, 3.8) is 0 Å². The third kappa shape index (κ3) is 3.13. The van der Waals surface area contributed by atoms with Gasteiger partial charge in [-0.15, -0.1) is 0 Å². The molecule has 1 aromatic heterocycles. The highest BCUT2D eigenvalue weighted by molar-refractivity contribution is 6.04. The smallest absolute Gasteiger partial charge is 0.336 e. The summed E-state index contributed by atoms with van der Waals surface area (Å²) in [5.74, 6) is -0.697. The predicted octanol–water partition coefficient (Wildman–Crippen LogP) is 3.62. The second-order valence-electron chi connectivity index (χ2n) is 7.21. The Labute approximate surface area is 164 Å². The summed E-state index contributed by atoms with van der Waals surface area (Å²) < 4.78 is 5.03. The highest BCUT2D eigenvalue weighted by atomic mass is 16.5. The number of methoxy groups -OCH3 is 1. The molecule has 1 aliphatic heterocycles. The van der Waals surface area contributed by atoms with Crippen LogP contribution in [0.3, 0.4) is 0 Å². The molecule has 28 heavy (non-hydrogen) atoms. The normalized spacial score (nSPS) is 21.9. The van der Waals surface area contributed by atoms with E-state index < -0.39 is 11.9 Å². The van der Waals surface area contributed by atoms with E-state index in [1.54, 1.807) is 12.4 Å². The fraction of sp³-hybridized carbons (Fsp3) is 0.261. The fourth-order valence-corrected chi connectivity index (χ4v) is 4.26. The first-order valence-electron chi connectivity index (χ1n) is 9.37. The van der Waals surface area contributed by atoms with E-state index in [4.69, 9.17) is 4.74 Å². The average Bonchev–Trinajstić information content (AvgIpc) is 2.73. The summed E-state index contributed by atoms with van der Waals surface area (Å²) in [6.45, 7) is 1.86. The van der Waals surface area contributed by atoms with Crippen LogP contribution in [-0.2, 0) is 14.3 Å². The number of rotatable bonds is 3. The zero-order chi connectivity index (χ0) is 19.7. The summed E-state index contributed by atoms with van der Waals surface area (Å²) in [4.78, 5) is 30.0. The van der Waals surface area contributed by atoms with E-state index in [2.05, 4.69) is 22.4 Å². The molecule has 2 aliphatic rings. The van der Waals surface area contributed by atoms with Crippen LogP contribution in [0.25, 0.3) is 0 Å². The molecular formula is C23H22N2O3. The third-order valence-corrected chi connectivity index (χ3v) is 5.52. The summed E-state index contributed by atoms with van der Waals surface area (Å²) in [5, 5.41) is 3.33. The molecule has 2 aromatic rings. The van der Waals surface area contributed by atoms with Crippen molar-refractivity contribution in [1.29, 1.82) is 0 Å². The van der Waals surface area contributed by atoms with E-state index in [0.29, 0.717) is 17.6 Å². The summed E-state index contributed by atoms with van der Waals surface area (Å²) in [7, 11) is 1.36. The maximum atomic E-state index is 13.3. The number of nitrogens with one attached hydrogen (secondary N) is 1. The first-order chi connectivity index (χ1) is 13.6. The van der Waals surface area contributed by atoms with Crippen molar-refractivity contribution in [1.82, 2.24) is 10.3 Å². The van der Waals surface area contributed by atoms with E-state index >= 15 is 0 Å². The Morgan fingerprint density at radius 2 is 1.86 bits per heavy atom. The number of hydrogen-bond acceptors (Lipinski definition) is 5. The molecule has 4 rings (SSSR count). The quantitative estimate of drug-likeness (QED) is 0.831. The van der Waals surface area contributed by atoms with Crippen LogP contribution in [0, 0.1) is 0 Å². The predicted molar refractivity (Wildman–Crippen MR) is 105 cm³/mol. The van der Waals surface area contributed by atoms with Crippen molar-refractivity contribution >= 4 is 11.8 Å². The van der Waals surface area contributed by atoms with E-state index in [1.165, 1.54) is 7.11 Å². The van der Waals surface area contributed by atoms with Crippen LogP contribution >= 0.6 is 0 Å². The Bertz CT molecular complexity index is 977. The molecule has 0 amide bonds. The molecule has 1 N–H and O–H groups in total. The monoisotopic (exact) mass is 374 g/mol. The molecule has 1 aliphatic carbocycles. The van der Waals surface area contributed by atoms with Gasteiger partial charge in [0.15, 0.2) is 5.78 Å². The molecule has 0 saturated carbocycles. The molecule has 0 fully saturated rings. The summed E-state index contributed by atoms with van der Waals surface area (Å²) in [6, 6.07) is 13.8. The second kappa shape index (κ2) is 7.43. The van der Waals surface area contributed by atoms with Crippen LogP contribution in [0.2, 0.25) is 0 Å². The van der Waals surface area contributed by atoms with E-state index in [1.807, 2.05) is 37.3 Å². The molecule has 142 valence electrons. The molecule has 5 heteroatoms. The van der Waals surface area contributed by atoms with Gasteiger partial charge in [0.2, 0.25) is 0 Å². The van der Waals surface area contributed by atoms with Gasteiger partial charge in [-0.1, -0.05) is 36.4 Å². The van der Waals surface area contributed by atoms with Gasteiger partial charge >= 0.3 is 5.97 Å². The first kappa shape index (κ1) is 18.2. The Morgan fingerprint density at radius 1 is 1.11 bits per heavy atom. The van der Waals surface area contributed by atoms with Gasteiger partial charge < -0.3 is 10.1 Å². The zero-order valence-corrected chi connectivity index (χ0v) is 15.9. The molecule has 5 nitrogen and oxygen atoms in total. The van der Waals surface area contributed by atoms with Gasteiger partial charge in [0.1, 0.15) is 0 Å². The van der Waals surface area contributed by atoms with Crippen LogP contribution < -0.4 is 5.32 Å². The van der Waals surface area contributed by atoms with Crippen LogP contribution in [0.4, 0.5) is 0 Å². The minimum absolute atomic E-state index is 0.0605. The molecule has 0 saturated heterocycles. The van der Waals surface area contributed by atoms with Crippen LogP contribution in [-0.4, -0.2) is 23.8 Å². The Hall–Kier alpha value is -3.21. The van der Waals surface area contributed by atoms with Gasteiger partial charge in [0.25, 0.3) is 0 Å². The highest BCUT2D eigenvalue weighted by Crippen LogP contribution is 2.45. The lowest BCUT2D eigenvalue weighted by atomic mass is 9.72. The summed E-state index contributed by atoms with van der Waals surface area (Å²) >= 11 is 0. The van der Waals surface area contributed by atoms with Crippen molar-refractivity contribution < 1.29 is 14.3 Å². The lowest BCUT2D eigenvalue weighted by Gasteiger charge is -2.36. The van der Waals surface area contributed by atoms with Gasteiger partial charge in [-0.05, 0) is 36.5 Å². The van der Waals surface area contributed by atoms with Crippen molar-refractivity contribution in [3.8, 4) is 0 Å². The number of allylic oxidation sites excluding steroid dienone is 3. The number of dihydropyridines is 1. The van der Waals surface area contributed by atoms with Crippen molar-refractivity contribution in [2.75, 3.05) is 7.11 Å². The lowest BCUT2D eigenvalue weighted by molar-refractivity contribution is -0.136. The number of ketones is 1. The maximum Gasteiger partial charge on any atom is 0.336 e. The number of Topliss-reactive ketones (excluding diaryl/α,β-unsaturated/α-hetero) is 1. The molecule has 2 atom stereocenters. The molecule has 0 unspecified atom stereocenters. The third-order valence-electron chi connectivity index (χ3n) is 5.52. The molecule has 0 spiro atoms. The largest absolute Gasteiger partial charge is 0.466 e. The van der Waals surface area contributed by atoms with E-state index in [-0.39, 0.29) is 11.7 Å². The van der Waals surface area contributed by atoms with Crippen molar-refractivity contribution in [2.24, 2.45) is 0 Å². The number of ether oxygens (including phenoxy) is 1. The van der Waals surface area contributed by atoms with Crippen molar-refractivity contribution in [3.05, 3.63) is 88.5 Å². The van der Waals surface area contributed by atoms with E-state index in [9.17, 15) is 9.59 Å². The molecule has 0 bridgehead atoms. The molecule has 2 heterocycles. The topological polar surface area (TPSA) is 68.3 Å². The Morgan fingerprint density at radius 3 is 2.54 bits per heavy atom. The van der Waals surface area contributed by atoms with Crippen LogP contribution in [0.1, 0.15) is 42.7 Å². The minimum atomic E-state index is -0.457. The number of aromatic nitrogens is 1. The van der Waals surface area contributed by atoms with Gasteiger partial charge in [-0.2, -0.15) is 0 Å². The number of carbonyl (C=O) groups is 2. The minimum Gasteiger partial charge on any atom is -0.466 e. The molecular weight excluding hydrogens is 352 g/mol. The van der Waals surface area contributed by atoms with Gasteiger partial charge in [-0.3, -0.25) is 9.78 Å². The van der Waals surface area contributed by atoms with Gasteiger partial charge in [0, 0.05) is 41.7 Å². The maximum absolute atomic E-state index is 13.3. The highest BCUT2D eigenvalue weighted by Gasteiger charge is 2.41. The summed E-state index contributed by atoms with van der Waals surface area (Å²) in [5.41, 5.74) is 4.72. The average molecular weight is 374 g/mol. The first-order valence-corrected chi connectivity index (χ1v) is 9.37. The lowest BCUT2D eigenvalue weighted by Crippen LogP contribution is -2.36. The van der Waals surface area contributed by atoms with Gasteiger partial charge in [-0.25, -0.2) is 4.79 Å². The van der Waals surface area contributed by atoms with Crippen LogP contribution in [0.5, 0.6) is 0 Å². The number of benzene rings is 1. The van der Waals surface area contributed by atoms with Gasteiger partial charge in [0.05, 0.1) is 12.7 Å². The Balaban J connectivity index is 1.81. The Kier molecular flexibility index (Phi) is 4.82. The van der Waals surface area contributed by atoms with Crippen molar-refractivity contribution in [2.45, 2.75) is 31.6 Å². The molecule has 1 aromatic carbocycles. The number of nitrogens with zero attached hydrogens (tertiary/aromatic N) is 1. The number of esters is 1. The van der Waals surface area contributed by atoms with E-state index in [0.717, 1.165) is 28.9 Å². The summed E-state index contributed by atoms with van der Waals surface area (Å²) in [6.07, 6.45) is 4.55. The van der Waals surface area contributed by atoms with Crippen LogP contribution in [0.15, 0.2) is 77.4 Å².